The van der Waals surface area contributed by atoms with Crippen LogP contribution in [-0.4, -0.2) is 20.9 Å². The van der Waals surface area contributed by atoms with E-state index >= 15 is 0 Å². The quantitative estimate of drug-likeness (QED) is 0.767. The topological polar surface area (TPSA) is 87.7 Å². The van der Waals surface area contributed by atoms with E-state index in [4.69, 9.17) is 0 Å². The number of nitrogens with one attached hydrogen (secondary N) is 2. The van der Waals surface area contributed by atoms with Crippen molar-refractivity contribution in [1.29, 1.82) is 0 Å². The number of nitrogens with zero attached hydrogens (tertiary/aromatic N) is 2. The Kier molecular flexibility index (Phi) is 4.70. The fourth-order valence-corrected chi connectivity index (χ4v) is 2.38. The Hall–Kier alpha value is -3.28. The predicted molar refractivity (Wildman–Crippen MR) is 95.2 cm³/mol. The molecule has 1 aromatic carbocycles. The van der Waals surface area contributed by atoms with E-state index in [0.29, 0.717) is 5.82 Å². The van der Waals surface area contributed by atoms with Gasteiger partial charge in [0.1, 0.15) is 11.4 Å². The number of H-pyrrole nitrogens is 1. The zero-order chi connectivity index (χ0) is 17.8. The lowest BCUT2D eigenvalue weighted by molar-refractivity contribution is 0.0948. The van der Waals surface area contributed by atoms with Crippen molar-refractivity contribution in [2.24, 2.45) is 0 Å². The minimum atomic E-state index is -0.479. The summed E-state index contributed by atoms with van der Waals surface area (Å²) in [5.74, 6) is -0.0468. The molecule has 1 amide bonds. The minimum Gasteiger partial charge on any atom is -0.346 e. The summed E-state index contributed by atoms with van der Waals surface area (Å²) >= 11 is 0. The number of rotatable bonds is 4. The highest BCUT2D eigenvalue weighted by atomic mass is 16.2. The molecule has 2 heterocycles. The van der Waals surface area contributed by atoms with Gasteiger partial charge in [-0.2, -0.15) is 0 Å². The van der Waals surface area contributed by atoms with Crippen molar-refractivity contribution in [3.05, 3.63) is 81.5 Å². The fourth-order valence-electron chi connectivity index (χ4n) is 2.38. The molecule has 6 nitrogen and oxygen atoms in total. The molecule has 0 saturated heterocycles. The average Bonchev–Trinajstić information content (AvgIpc) is 2.60. The van der Waals surface area contributed by atoms with Crippen LogP contribution >= 0.6 is 0 Å². The van der Waals surface area contributed by atoms with E-state index < -0.39 is 11.5 Å². The Morgan fingerprint density at radius 1 is 1.12 bits per heavy atom. The second kappa shape index (κ2) is 7.09. The summed E-state index contributed by atoms with van der Waals surface area (Å²) in [5, 5.41) is 2.69. The Balaban J connectivity index is 1.75. The van der Waals surface area contributed by atoms with Gasteiger partial charge in [-0.3, -0.25) is 14.6 Å². The largest absolute Gasteiger partial charge is 0.346 e. The maximum absolute atomic E-state index is 12.2. The van der Waals surface area contributed by atoms with E-state index in [1.807, 2.05) is 56.3 Å². The SMILES string of the molecule is Cc1ccc(-c2ncc(C(=O)NCc3cccc(C)n3)c(=O)[nH]2)cc1. The van der Waals surface area contributed by atoms with Crippen LogP contribution in [0.5, 0.6) is 0 Å². The predicted octanol–water partition coefficient (Wildman–Crippen LogP) is 2.38. The van der Waals surface area contributed by atoms with Gasteiger partial charge >= 0.3 is 0 Å². The Morgan fingerprint density at radius 3 is 2.56 bits per heavy atom. The molecule has 2 N–H and O–H groups in total. The number of aryl methyl sites for hydroxylation is 2. The van der Waals surface area contributed by atoms with Gasteiger partial charge in [-0.1, -0.05) is 35.9 Å². The molecular weight excluding hydrogens is 316 g/mol. The van der Waals surface area contributed by atoms with E-state index in [0.717, 1.165) is 22.5 Å². The molecule has 0 radical (unpaired) electrons. The van der Waals surface area contributed by atoms with Gasteiger partial charge in [-0.05, 0) is 26.0 Å². The Labute approximate surface area is 145 Å². The van der Waals surface area contributed by atoms with Crippen LogP contribution in [0.1, 0.15) is 27.3 Å². The molecule has 0 aliphatic carbocycles. The van der Waals surface area contributed by atoms with Crippen molar-refractivity contribution in [1.82, 2.24) is 20.3 Å². The second-order valence-electron chi connectivity index (χ2n) is 5.79. The van der Waals surface area contributed by atoms with Crippen LogP contribution in [0.25, 0.3) is 11.4 Å². The lowest BCUT2D eigenvalue weighted by atomic mass is 10.1. The van der Waals surface area contributed by atoms with E-state index in [1.165, 1.54) is 6.20 Å². The number of pyridine rings is 1. The van der Waals surface area contributed by atoms with Gasteiger partial charge in [0.25, 0.3) is 11.5 Å². The highest BCUT2D eigenvalue weighted by Gasteiger charge is 2.12. The summed E-state index contributed by atoms with van der Waals surface area (Å²) in [7, 11) is 0. The highest BCUT2D eigenvalue weighted by molar-refractivity contribution is 5.93. The third-order valence-corrected chi connectivity index (χ3v) is 3.74. The number of aromatic nitrogens is 3. The van der Waals surface area contributed by atoms with Crippen LogP contribution < -0.4 is 10.9 Å². The third kappa shape index (κ3) is 3.98. The summed E-state index contributed by atoms with van der Waals surface area (Å²) in [4.78, 5) is 35.6. The molecule has 3 aromatic rings. The van der Waals surface area contributed by atoms with Gasteiger partial charge in [0, 0.05) is 17.5 Å². The molecule has 0 bridgehead atoms. The zero-order valence-corrected chi connectivity index (χ0v) is 14.0. The van der Waals surface area contributed by atoms with Crippen molar-refractivity contribution in [2.45, 2.75) is 20.4 Å². The third-order valence-electron chi connectivity index (χ3n) is 3.74. The highest BCUT2D eigenvalue weighted by Crippen LogP contribution is 2.13. The van der Waals surface area contributed by atoms with E-state index in [1.54, 1.807) is 0 Å². The fraction of sp³-hybridized carbons (Fsp3) is 0.158. The van der Waals surface area contributed by atoms with Crippen LogP contribution in [0.3, 0.4) is 0 Å². The molecule has 0 aliphatic rings. The molecule has 0 atom stereocenters. The zero-order valence-electron chi connectivity index (χ0n) is 14.0. The van der Waals surface area contributed by atoms with Crippen LogP contribution in [0, 0.1) is 13.8 Å². The first-order valence-electron chi connectivity index (χ1n) is 7.90. The number of hydrogen-bond donors (Lipinski definition) is 2. The summed E-state index contributed by atoms with van der Waals surface area (Å²) in [5.41, 5.74) is 3.01. The van der Waals surface area contributed by atoms with Crippen LogP contribution in [-0.2, 0) is 6.54 Å². The molecule has 25 heavy (non-hydrogen) atoms. The van der Waals surface area contributed by atoms with Crippen LogP contribution in [0.4, 0.5) is 0 Å². The smallest absolute Gasteiger partial charge is 0.264 e. The minimum absolute atomic E-state index is 0.0245. The molecule has 6 heteroatoms. The van der Waals surface area contributed by atoms with Crippen molar-refractivity contribution in [3.8, 4) is 11.4 Å². The Bertz CT molecular complexity index is 962. The lowest BCUT2D eigenvalue weighted by Gasteiger charge is -2.06. The number of aromatic amines is 1. The summed E-state index contributed by atoms with van der Waals surface area (Å²) in [6.07, 6.45) is 1.30. The number of carbonyl (C=O) groups is 1. The summed E-state index contributed by atoms with van der Waals surface area (Å²) in [6.45, 7) is 4.11. The summed E-state index contributed by atoms with van der Waals surface area (Å²) in [6, 6.07) is 13.2. The number of hydrogen-bond acceptors (Lipinski definition) is 4. The molecule has 3 rings (SSSR count). The molecule has 0 aliphatic heterocycles. The molecule has 0 spiro atoms. The first kappa shape index (κ1) is 16.6. The van der Waals surface area contributed by atoms with Crippen molar-refractivity contribution in [3.63, 3.8) is 0 Å². The first-order valence-corrected chi connectivity index (χ1v) is 7.90. The lowest BCUT2D eigenvalue weighted by Crippen LogP contribution is -2.30. The normalized spacial score (nSPS) is 10.5. The van der Waals surface area contributed by atoms with Crippen molar-refractivity contribution >= 4 is 5.91 Å². The standard InChI is InChI=1S/C19H18N4O2/c1-12-6-8-14(9-7-12)17-20-11-16(19(25)23-17)18(24)21-10-15-5-3-4-13(2)22-15/h3-9,11H,10H2,1-2H3,(H,21,24)(H,20,23,25). The van der Waals surface area contributed by atoms with Crippen molar-refractivity contribution in [2.75, 3.05) is 0 Å². The monoisotopic (exact) mass is 334 g/mol. The second-order valence-corrected chi connectivity index (χ2v) is 5.79. The van der Waals surface area contributed by atoms with Gasteiger partial charge in [0.05, 0.1) is 12.2 Å². The van der Waals surface area contributed by atoms with Crippen LogP contribution in [0.2, 0.25) is 0 Å². The molecule has 0 fully saturated rings. The van der Waals surface area contributed by atoms with Gasteiger partial charge in [-0.15, -0.1) is 0 Å². The van der Waals surface area contributed by atoms with Crippen LogP contribution in [0.15, 0.2) is 53.5 Å². The van der Waals surface area contributed by atoms with Crippen molar-refractivity contribution < 1.29 is 4.79 Å². The maximum Gasteiger partial charge on any atom is 0.264 e. The van der Waals surface area contributed by atoms with Gasteiger partial charge in [0.15, 0.2) is 0 Å². The number of benzene rings is 1. The maximum atomic E-state index is 12.2. The molecule has 2 aromatic heterocycles. The van der Waals surface area contributed by atoms with E-state index in [9.17, 15) is 9.59 Å². The summed E-state index contributed by atoms with van der Waals surface area (Å²) < 4.78 is 0. The first-order chi connectivity index (χ1) is 12.0. The van der Waals surface area contributed by atoms with Gasteiger partial charge in [0.2, 0.25) is 0 Å². The molecule has 126 valence electrons. The van der Waals surface area contributed by atoms with Gasteiger partial charge in [-0.25, -0.2) is 4.98 Å². The number of carbonyl (C=O) groups excluding carboxylic acids is 1. The average molecular weight is 334 g/mol. The van der Waals surface area contributed by atoms with E-state index in [2.05, 4.69) is 20.3 Å². The number of amides is 1. The van der Waals surface area contributed by atoms with Gasteiger partial charge < -0.3 is 10.3 Å². The Morgan fingerprint density at radius 2 is 1.88 bits per heavy atom. The molecular formula is C19H18N4O2. The molecule has 0 saturated carbocycles. The van der Waals surface area contributed by atoms with E-state index in [-0.39, 0.29) is 12.1 Å². The molecule has 0 unspecified atom stereocenters.